The standard InChI is InChI=1S/C24H31N5O6/c1-3-34-23-18(5-6-20(26-23)28-12-10-27(11-13-28)16(2)31)25-22(32)17-15-35-19-7-9-29(8-4-14-30)24(33)21(17)19/h5-6,15,30H,3-4,7-14H2,1-2H3,(H,25,32). The molecule has 0 unspecified atom stereocenters. The van der Waals surface area contributed by atoms with Gasteiger partial charge < -0.3 is 34.3 Å². The Kier molecular flexibility index (Phi) is 7.54. The zero-order valence-electron chi connectivity index (χ0n) is 20.1. The molecular formula is C24H31N5O6. The largest absolute Gasteiger partial charge is 0.476 e. The van der Waals surface area contributed by atoms with E-state index in [4.69, 9.17) is 14.3 Å². The Bertz CT molecular complexity index is 1090. The van der Waals surface area contributed by atoms with E-state index < -0.39 is 5.91 Å². The number of furan rings is 1. The predicted molar refractivity (Wildman–Crippen MR) is 128 cm³/mol. The van der Waals surface area contributed by atoms with Crippen LogP contribution in [-0.4, -0.2) is 90.1 Å². The highest BCUT2D eigenvalue weighted by molar-refractivity contribution is 6.13. The van der Waals surface area contributed by atoms with Gasteiger partial charge in [0.2, 0.25) is 11.8 Å². The van der Waals surface area contributed by atoms with Crippen LogP contribution in [0.3, 0.4) is 0 Å². The van der Waals surface area contributed by atoms with E-state index in [-0.39, 0.29) is 35.4 Å². The number of aliphatic hydroxyl groups excluding tert-OH is 1. The lowest BCUT2D eigenvalue weighted by atomic mass is 10.0. The number of anilines is 2. The number of nitrogens with zero attached hydrogens (tertiary/aromatic N) is 4. The van der Waals surface area contributed by atoms with Crippen LogP contribution in [-0.2, 0) is 11.2 Å². The molecule has 0 aromatic carbocycles. The maximum Gasteiger partial charge on any atom is 0.259 e. The van der Waals surface area contributed by atoms with Gasteiger partial charge in [0.25, 0.3) is 11.8 Å². The van der Waals surface area contributed by atoms with E-state index in [1.54, 1.807) is 28.9 Å². The van der Waals surface area contributed by atoms with E-state index in [0.717, 1.165) is 0 Å². The molecule has 0 atom stereocenters. The smallest absolute Gasteiger partial charge is 0.259 e. The van der Waals surface area contributed by atoms with Crippen molar-refractivity contribution >= 4 is 29.2 Å². The van der Waals surface area contributed by atoms with E-state index in [1.165, 1.54) is 6.26 Å². The summed E-state index contributed by atoms with van der Waals surface area (Å²) in [6, 6.07) is 3.53. The lowest BCUT2D eigenvalue weighted by molar-refractivity contribution is -0.129. The summed E-state index contributed by atoms with van der Waals surface area (Å²) in [5.41, 5.74) is 0.807. The van der Waals surface area contributed by atoms with Crippen molar-refractivity contribution in [2.24, 2.45) is 0 Å². The number of carbonyl (C=O) groups excluding carboxylic acids is 3. The van der Waals surface area contributed by atoms with Crippen molar-refractivity contribution in [1.82, 2.24) is 14.8 Å². The molecule has 0 radical (unpaired) electrons. The van der Waals surface area contributed by atoms with Crippen molar-refractivity contribution in [3.05, 3.63) is 35.3 Å². The zero-order chi connectivity index (χ0) is 24.9. The highest BCUT2D eigenvalue weighted by Gasteiger charge is 2.32. The number of aromatic nitrogens is 1. The number of hydrogen-bond acceptors (Lipinski definition) is 8. The molecule has 2 aromatic rings. The van der Waals surface area contributed by atoms with Gasteiger partial charge in [-0.05, 0) is 25.5 Å². The molecule has 2 aliphatic rings. The zero-order valence-corrected chi connectivity index (χ0v) is 20.1. The van der Waals surface area contributed by atoms with Gasteiger partial charge >= 0.3 is 0 Å². The molecule has 0 spiro atoms. The number of hydrogen-bond donors (Lipinski definition) is 2. The summed E-state index contributed by atoms with van der Waals surface area (Å²) < 4.78 is 11.2. The molecular weight excluding hydrogens is 454 g/mol. The molecule has 3 amide bonds. The van der Waals surface area contributed by atoms with E-state index in [9.17, 15) is 14.4 Å². The summed E-state index contributed by atoms with van der Waals surface area (Å²) >= 11 is 0. The summed E-state index contributed by atoms with van der Waals surface area (Å²) in [5, 5.41) is 11.9. The van der Waals surface area contributed by atoms with Crippen LogP contribution in [0.4, 0.5) is 11.5 Å². The molecule has 11 nitrogen and oxygen atoms in total. The van der Waals surface area contributed by atoms with Crippen molar-refractivity contribution < 1.29 is 28.6 Å². The monoisotopic (exact) mass is 485 g/mol. The molecule has 0 saturated carbocycles. The van der Waals surface area contributed by atoms with Gasteiger partial charge in [-0.15, -0.1) is 0 Å². The number of piperazine rings is 1. The van der Waals surface area contributed by atoms with Gasteiger partial charge in [0.05, 0.1) is 17.7 Å². The number of fused-ring (bicyclic) bond motifs is 1. The summed E-state index contributed by atoms with van der Waals surface area (Å²) in [6.07, 6.45) is 2.29. The number of carbonyl (C=O) groups is 3. The fourth-order valence-electron chi connectivity index (χ4n) is 4.34. The topological polar surface area (TPSA) is 128 Å². The minimum atomic E-state index is -0.488. The number of aliphatic hydroxyl groups is 1. The molecule has 11 heteroatoms. The molecule has 4 heterocycles. The van der Waals surface area contributed by atoms with Gasteiger partial charge in [-0.3, -0.25) is 14.4 Å². The van der Waals surface area contributed by atoms with Crippen LogP contribution in [0, 0.1) is 0 Å². The quantitative estimate of drug-likeness (QED) is 0.574. The van der Waals surface area contributed by atoms with Crippen LogP contribution in [0.5, 0.6) is 5.88 Å². The second-order valence-corrected chi connectivity index (χ2v) is 8.47. The lowest BCUT2D eigenvalue weighted by Gasteiger charge is -2.35. The Morgan fingerprint density at radius 1 is 1.20 bits per heavy atom. The third-order valence-electron chi connectivity index (χ3n) is 6.23. The summed E-state index contributed by atoms with van der Waals surface area (Å²) in [7, 11) is 0. The first-order chi connectivity index (χ1) is 16.9. The number of amides is 3. The second kappa shape index (κ2) is 10.8. The Labute approximate surface area is 203 Å². The van der Waals surface area contributed by atoms with Gasteiger partial charge in [-0.1, -0.05) is 0 Å². The average molecular weight is 486 g/mol. The third-order valence-corrected chi connectivity index (χ3v) is 6.23. The average Bonchev–Trinajstić information content (AvgIpc) is 3.30. The van der Waals surface area contributed by atoms with Gasteiger partial charge in [0.1, 0.15) is 23.5 Å². The number of pyridine rings is 1. The van der Waals surface area contributed by atoms with Gasteiger partial charge in [-0.25, -0.2) is 0 Å². The highest BCUT2D eigenvalue weighted by Crippen LogP contribution is 2.29. The van der Waals surface area contributed by atoms with E-state index in [1.807, 2.05) is 6.92 Å². The molecule has 35 heavy (non-hydrogen) atoms. The fourth-order valence-corrected chi connectivity index (χ4v) is 4.34. The SMILES string of the molecule is CCOc1nc(N2CCN(C(C)=O)CC2)ccc1NC(=O)c1coc2c1C(=O)N(CCCO)CC2. The maximum absolute atomic E-state index is 13.1. The van der Waals surface area contributed by atoms with Crippen LogP contribution >= 0.6 is 0 Å². The molecule has 4 rings (SSSR count). The number of ether oxygens (including phenoxy) is 1. The van der Waals surface area contributed by atoms with Crippen LogP contribution < -0.4 is 15.0 Å². The molecule has 2 aromatic heterocycles. The first-order valence-corrected chi connectivity index (χ1v) is 11.9. The Morgan fingerprint density at radius 2 is 1.97 bits per heavy atom. The van der Waals surface area contributed by atoms with Crippen molar-refractivity contribution in [2.45, 2.75) is 26.7 Å². The van der Waals surface area contributed by atoms with Crippen molar-refractivity contribution in [2.75, 3.05) is 62.7 Å². The second-order valence-electron chi connectivity index (χ2n) is 8.47. The molecule has 0 aliphatic carbocycles. The highest BCUT2D eigenvalue weighted by atomic mass is 16.5. The van der Waals surface area contributed by atoms with E-state index >= 15 is 0 Å². The Balaban J connectivity index is 1.51. The fraction of sp³-hybridized carbons (Fsp3) is 0.500. The van der Waals surface area contributed by atoms with E-state index in [2.05, 4.69) is 15.2 Å². The van der Waals surface area contributed by atoms with Crippen LogP contribution in [0.15, 0.2) is 22.8 Å². The minimum Gasteiger partial charge on any atom is -0.476 e. The summed E-state index contributed by atoms with van der Waals surface area (Å²) in [5.74, 6) is 0.760. The van der Waals surface area contributed by atoms with Crippen molar-refractivity contribution in [3.8, 4) is 5.88 Å². The molecule has 2 N–H and O–H groups in total. The first-order valence-electron chi connectivity index (χ1n) is 11.9. The van der Waals surface area contributed by atoms with Gasteiger partial charge in [0.15, 0.2) is 0 Å². The van der Waals surface area contributed by atoms with Gasteiger partial charge in [-0.2, -0.15) is 4.98 Å². The first kappa shape index (κ1) is 24.5. The lowest BCUT2D eigenvalue weighted by Crippen LogP contribution is -2.48. The van der Waals surface area contributed by atoms with Crippen LogP contribution in [0.2, 0.25) is 0 Å². The molecule has 2 aliphatic heterocycles. The number of nitrogens with one attached hydrogen (secondary N) is 1. The van der Waals surface area contributed by atoms with Crippen LogP contribution in [0.25, 0.3) is 0 Å². The Morgan fingerprint density at radius 3 is 2.66 bits per heavy atom. The predicted octanol–water partition coefficient (Wildman–Crippen LogP) is 1.37. The maximum atomic E-state index is 13.1. The molecule has 0 bridgehead atoms. The third kappa shape index (κ3) is 5.24. The molecule has 188 valence electrons. The van der Waals surface area contributed by atoms with Crippen molar-refractivity contribution in [3.63, 3.8) is 0 Å². The number of rotatable bonds is 8. The van der Waals surface area contributed by atoms with Gasteiger partial charge in [0, 0.05) is 59.2 Å². The molecule has 1 fully saturated rings. The minimum absolute atomic E-state index is 0.00895. The molecule has 1 saturated heterocycles. The van der Waals surface area contributed by atoms with Crippen molar-refractivity contribution in [1.29, 1.82) is 0 Å². The Hall–Kier alpha value is -3.60. The van der Waals surface area contributed by atoms with Crippen LogP contribution in [0.1, 0.15) is 46.7 Å². The normalized spacial score (nSPS) is 15.7. The summed E-state index contributed by atoms with van der Waals surface area (Å²) in [6.45, 7) is 7.20. The summed E-state index contributed by atoms with van der Waals surface area (Å²) in [4.78, 5) is 47.8. The van der Waals surface area contributed by atoms with E-state index in [0.29, 0.717) is 76.0 Å².